The van der Waals surface area contributed by atoms with Crippen LogP contribution in [0.2, 0.25) is 0 Å². The molecule has 2 rings (SSSR count). The van der Waals surface area contributed by atoms with Crippen molar-refractivity contribution in [3.05, 3.63) is 29.8 Å². The van der Waals surface area contributed by atoms with Gasteiger partial charge in [0.2, 0.25) is 11.8 Å². The summed E-state index contributed by atoms with van der Waals surface area (Å²) < 4.78 is 27.4. The second-order valence-electron chi connectivity index (χ2n) is 5.05. The van der Waals surface area contributed by atoms with E-state index in [4.69, 9.17) is 5.73 Å². The van der Waals surface area contributed by atoms with E-state index >= 15 is 0 Å². The van der Waals surface area contributed by atoms with Crippen molar-refractivity contribution in [2.45, 2.75) is 19.4 Å². The Morgan fingerprint density at radius 1 is 1.48 bits per heavy atom. The maximum atomic E-state index is 13.7. The maximum Gasteiger partial charge on any atom is 0.249 e. The molecule has 1 fully saturated rings. The van der Waals surface area contributed by atoms with E-state index in [1.165, 1.54) is 6.07 Å². The van der Waals surface area contributed by atoms with Crippen molar-refractivity contribution in [1.82, 2.24) is 5.32 Å². The van der Waals surface area contributed by atoms with Gasteiger partial charge in [-0.3, -0.25) is 9.59 Å². The number of anilines is 1. The Morgan fingerprint density at radius 3 is 2.67 bits per heavy atom. The van der Waals surface area contributed by atoms with Gasteiger partial charge in [-0.25, -0.2) is 8.78 Å². The Hall–Kier alpha value is -2.02. The summed E-state index contributed by atoms with van der Waals surface area (Å²) in [4.78, 5) is 25.0. The van der Waals surface area contributed by atoms with Crippen molar-refractivity contribution in [3.8, 4) is 0 Å². The first kappa shape index (κ1) is 15.4. The SMILES string of the molecule is CC(CN)C(=O)NC1CCN(c2c(F)cccc2F)C1=O. The number of amides is 2. The number of hydrogen-bond acceptors (Lipinski definition) is 3. The number of para-hydroxylation sites is 1. The van der Waals surface area contributed by atoms with Crippen molar-refractivity contribution < 1.29 is 18.4 Å². The summed E-state index contributed by atoms with van der Waals surface area (Å²) in [5.41, 5.74) is 5.02. The molecule has 1 aromatic rings. The fourth-order valence-electron chi connectivity index (χ4n) is 2.20. The number of halogens is 2. The first-order chi connectivity index (χ1) is 9.95. The van der Waals surface area contributed by atoms with Crippen molar-refractivity contribution in [2.24, 2.45) is 11.7 Å². The van der Waals surface area contributed by atoms with Crippen LogP contribution in [0.15, 0.2) is 18.2 Å². The lowest BCUT2D eigenvalue weighted by Gasteiger charge is -2.19. The van der Waals surface area contributed by atoms with Crippen LogP contribution >= 0.6 is 0 Å². The molecule has 114 valence electrons. The average molecular weight is 297 g/mol. The summed E-state index contributed by atoms with van der Waals surface area (Å²) in [7, 11) is 0. The highest BCUT2D eigenvalue weighted by atomic mass is 19.1. The van der Waals surface area contributed by atoms with Crippen molar-refractivity contribution in [3.63, 3.8) is 0 Å². The lowest BCUT2D eigenvalue weighted by Crippen LogP contribution is -2.45. The minimum atomic E-state index is -0.800. The molecule has 2 unspecified atom stereocenters. The van der Waals surface area contributed by atoms with Crippen molar-refractivity contribution in [2.75, 3.05) is 18.0 Å². The van der Waals surface area contributed by atoms with Crippen LogP contribution in [0.5, 0.6) is 0 Å². The van der Waals surface area contributed by atoms with Crippen LogP contribution in [0, 0.1) is 17.6 Å². The highest BCUT2D eigenvalue weighted by Gasteiger charge is 2.36. The zero-order chi connectivity index (χ0) is 15.6. The molecule has 5 nitrogen and oxygen atoms in total. The Bertz CT molecular complexity index is 545. The fraction of sp³-hybridized carbons (Fsp3) is 0.429. The van der Waals surface area contributed by atoms with Gasteiger partial charge in [0.15, 0.2) is 0 Å². The highest BCUT2D eigenvalue weighted by molar-refractivity contribution is 6.01. The molecule has 0 aliphatic carbocycles. The zero-order valence-corrected chi connectivity index (χ0v) is 11.6. The molecule has 1 aliphatic rings. The number of hydrogen-bond donors (Lipinski definition) is 2. The summed E-state index contributed by atoms with van der Waals surface area (Å²) in [5, 5.41) is 2.56. The summed E-state index contributed by atoms with van der Waals surface area (Å²) in [6.45, 7) is 1.96. The lowest BCUT2D eigenvalue weighted by atomic mass is 10.1. The third kappa shape index (κ3) is 3.02. The number of nitrogens with zero attached hydrogens (tertiary/aromatic N) is 1. The third-order valence-electron chi connectivity index (χ3n) is 3.53. The van der Waals surface area contributed by atoms with Crippen LogP contribution in [-0.4, -0.2) is 30.9 Å². The molecule has 1 saturated heterocycles. The zero-order valence-electron chi connectivity index (χ0n) is 11.6. The first-order valence-electron chi connectivity index (χ1n) is 6.71. The number of nitrogens with one attached hydrogen (secondary N) is 1. The number of rotatable bonds is 4. The largest absolute Gasteiger partial charge is 0.344 e. The van der Waals surface area contributed by atoms with Gasteiger partial charge in [0, 0.05) is 19.0 Å². The molecule has 1 aliphatic heterocycles. The molecule has 1 aromatic carbocycles. The molecule has 0 aromatic heterocycles. The van der Waals surface area contributed by atoms with Crippen LogP contribution in [0.4, 0.5) is 14.5 Å². The van der Waals surface area contributed by atoms with Gasteiger partial charge in [-0.1, -0.05) is 13.0 Å². The molecular formula is C14H17F2N3O2. The van der Waals surface area contributed by atoms with Crippen molar-refractivity contribution in [1.29, 1.82) is 0 Å². The monoisotopic (exact) mass is 297 g/mol. The summed E-state index contributed by atoms with van der Waals surface area (Å²) in [6, 6.07) is 2.64. The van der Waals surface area contributed by atoms with Gasteiger partial charge in [-0.15, -0.1) is 0 Å². The van der Waals surface area contributed by atoms with Gasteiger partial charge >= 0.3 is 0 Å². The summed E-state index contributed by atoms with van der Waals surface area (Å²) >= 11 is 0. The lowest BCUT2D eigenvalue weighted by molar-refractivity contribution is -0.128. The van der Waals surface area contributed by atoms with Crippen LogP contribution in [0.3, 0.4) is 0 Å². The van der Waals surface area contributed by atoms with E-state index in [0.29, 0.717) is 6.42 Å². The Balaban J connectivity index is 2.14. The topological polar surface area (TPSA) is 75.4 Å². The standard InChI is InChI=1S/C14H17F2N3O2/c1-8(7-17)13(20)18-11-5-6-19(14(11)21)12-9(15)3-2-4-10(12)16/h2-4,8,11H,5-7,17H2,1H3,(H,18,20). The second kappa shape index (κ2) is 6.17. The molecule has 0 radical (unpaired) electrons. The molecule has 0 saturated carbocycles. The molecule has 0 spiro atoms. The molecule has 7 heteroatoms. The van der Waals surface area contributed by atoms with E-state index in [2.05, 4.69) is 5.32 Å². The van der Waals surface area contributed by atoms with Gasteiger partial charge in [0.05, 0.1) is 0 Å². The normalized spacial score (nSPS) is 19.7. The maximum absolute atomic E-state index is 13.7. The Morgan fingerprint density at radius 2 is 2.10 bits per heavy atom. The van der Waals surface area contributed by atoms with E-state index < -0.39 is 29.5 Å². The molecule has 3 N–H and O–H groups in total. The molecule has 21 heavy (non-hydrogen) atoms. The molecule has 2 amide bonds. The average Bonchev–Trinajstić information content (AvgIpc) is 2.79. The van der Waals surface area contributed by atoms with Crippen LogP contribution in [-0.2, 0) is 9.59 Å². The third-order valence-corrected chi connectivity index (χ3v) is 3.53. The van der Waals surface area contributed by atoms with E-state index in [0.717, 1.165) is 17.0 Å². The Kier molecular flexibility index (Phi) is 4.52. The van der Waals surface area contributed by atoms with Gasteiger partial charge < -0.3 is 16.0 Å². The van der Waals surface area contributed by atoms with Gasteiger partial charge in [-0.05, 0) is 18.6 Å². The van der Waals surface area contributed by atoms with Crippen LogP contribution < -0.4 is 16.0 Å². The number of nitrogens with two attached hydrogens (primary N) is 1. The quantitative estimate of drug-likeness (QED) is 0.862. The number of benzene rings is 1. The van der Waals surface area contributed by atoms with E-state index in [-0.39, 0.29) is 24.7 Å². The van der Waals surface area contributed by atoms with E-state index in [1.54, 1.807) is 6.92 Å². The van der Waals surface area contributed by atoms with Crippen molar-refractivity contribution >= 4 is 17.5 Å². The fourth-order valence-corrected chi connectivity index (χ4v) is 2.20. The van der Waals surface area contributed by atoms with E-state index in [1.807, 2.05) is 0 Å². The minimum absolute atomic E-state index is 0.151. The number of carbonyl (C=O) groups excluding carboxylic acids is 2. The number of carbonyl (C=O) groups is 2. The molecular weight excluding hydrogens is 280 g/mol. The summed E-state index contributed by atoms with van der Waals surface area (Å²) in [6.07, 6.45) is 0.301. The predicted molar refractivity (Wildman–Crippen MR) is 73.5 cm³/mol. The minimum Gasteiger partial charge on any atom is -0.344 e. The smallest absolute Gasteiger partial charge is 0.249 e. The molecule has 2 atom stereocenters. The van der Waals surface area contributed by atoms with Gasteiger partial charge in [0.1, 0.15) is 23.4 Å². The first-order valence-corrected chi connectivity index (χ1v) is 6.71. The van der Waals surface area contributed by atoms with Crippen LogP contribution in [0.25, 0.3) is 0 Å². The predicted octanol–water partition coefficient (Wildman–Crippen LogP) is 0.781. The van der Waals surface area contributed by atoms with Gasteiger partial charge in [0.25, 0.3) is 0 Å². The second-order valence-corrected chi connectivity index (χ2v) is 5.05. The molecule has 0 bridgehead atoms. The van der Waals surface area contributed by atoms with E-state index in [9.17, 15) is 18.4 Å². The molecule has 1 heterocycles. The summed E-state index contributed by atoms with van der Waals surface area (Å²) in [5.74, 6) is -2.88. The highest BCUT2D eigenvalue weighted by Crippen LogP contribution is 2.27. The van der Waals surface area contributed by atoms with Gasteiger partial charge in [-0.2, -0.15) is 0 Å². The van der Waals surface area contributed by atoms with Crippen LogP contribution in [0.1, 0.15) is 13.3 Å². The Labute approximate surface area is 121 Å².